The number of nitrogens with two attached hydrogens (primary N) is 1. The topological polar surface area (TPSA) is 187 Å². The number of aliphatic hydroxyl groups excluding tert-OH is 3. The second kappa shape index (κ2) is 35.1. The van der Waals surface area contributed by atoms with Gasteiger partial charge in [0.1, 0.15) is 6.61 Å². The Bertz CT molecular complexity index is 1120. The van der Waals surface area contributed by atoms with Gasteiger partial charge < -0.3 is 40.2 Å². The van der Waals surface area contributed by atoms with Crippen molar-refractivity contribution in [2.24, 2.45) is 11.7 Å². The van der Waals surface area contributed by atoms with Crippen molar-refractivity contribution in [1.29, 1.82) is 0 Å². The molecule has 1 rings (SSSR count). The number of esters is 1. The fraction of sp³-hybridized carbons (Fsp3) is 0.791. The molecule has 0 radical (unpaired) electrons. The van der Waals surface area contributed by atoms with Crippen molar-refractivity contribution in [3.8, 4) is 0 Å². The van der Waals surface area contributed by atoms with Gasteiger partial charge in [-0.2, -0.15) is 0 Å². The van der Waals surface area contributed by atoms with E-state index in [2.05, 4.69) is 26.0 Å². The summed E-state index contributed by atoms with van der Waals surface area (Å²) in [6.45, 7) is 3.77. The first-order chi connectivity index (χ1) is 27.1. The Morgan fingerprint density at radius 1 is 0.821 bits per heavy atom. The summed E-state index contributed by atoms with van der Waals surface area (Å²) < 4.78 is 38.8. The van der Waals surface area contributed by atoms with Crippen LogP contribution in [0, 0.1) is 5.92 Å². The number of aliphatic hydroxyl groups is 3. The Labute approximate surface area is 338 Å². The highest BCUT2D eigenvalue weighted by Gasteiger charge is 2.35. The zero-order valence-corrected chi connectivity index (χ0v) is 35.5. The van der Waals surface area contributed by atoms with Crippen LogP contribution in [0.5, 0.6) is 0 Å². The van der Waals surface area contributed by atoms with Crippen molar-refractivity contribution in [1.82, 2.24) is 0 Å². The molecular formula is C43H78NO11P. The summed E-state index contributed by atoms with van der Waals surface area (Å²) in [6.07, 6.45) is 32.7. The summed E-state index contributed by atoms with van der Waals surface area (Å²) in [5.74, 6) is -0.715. The third-order valence-corrected chi connectivity index (χ3v) is 10.6. The molecular weight excluding hydrogens is 737 g/mol. The molecule has 0 aliphatic carbocycles. The predicted molar refractivity (Wildman–Crippen MR) is 222 cm³/mol. The maximum Gasteiger partial charge on any atom is 0.472 e. The Kier molecular flexibility index (Phi) is 32.7. The first-order valence-electron chi connectivity index (χ1n) is 21.6. The van der Waals surface area contributed by atoms with Gasteiger partial charge in [-0.3, -0.25) is 13.8 Å². The summed E-state index contributed by atoms with van der Waals surface area (Å²) in [6, 6.07) is 0. The number of carbonyl (C=O) groups excluding carboxylic acids is 1. The number of hydrogen-bond acceptors (Lipinski definition) is 11. The lowest BCUT2D eigenvalue weighted by molar-refractivity contribution is -0.199. The Balaban J connectivity index is 2.42. The lowest BCUT2D eigenvalue weighted by Crippen LogP contribution is -2.43. The molecule has 0 aromatic heterocycles. The van der Waals surface area contributed by atoms with E-state index in [1.165, 1.54) is 70.5 Å². The van der Waals surface area contributed by atoms with Gasteiger partial charge in [-0.05, 0) is 70.3 Å². The van der Waals surface area contributed by atoms with Crippen LogP contribution in [0.25, 0.3) is 0 Å². The number of unbranched alkanes of at least 4 members (excludes halogenated alkanes) is 14. The van der Waals surface area contributed by atoms with Crippen LogP contribution < -0.4 is 5.73 Å². The molecule has 0 aromatic rings. The highest BCUT2D eigenvalue weighted by molar-refractivity contribution is 7.47. The van der Waals surface area contributed by atoms with Crippen molar-refractivity contribution in [2.45, 2.75) is 186 Å². The van der Waals surface area contributed by atoms with Crippen molar-refractivity contribution >= 4 is 13.8 Å². The molecule has 6 N–H and O–H groups in total. The van der Waals surface area contributed by atoms with E-state index in [-0.39, 0.29) is 45.1 Å². The predicted octanol–water partition coefficient (Wildman–Crippen LogP) is 8.87. The van der Waals surface area contributed by atoms with Crippen LogP contribution in [0.2, 0.25) is 0 Å². The molecule has 12 nitrogen and oxygen atoms in total. The minimum atomic E-state index is -4.34. The van der Waals surface area contributed by atoms with E-state index in [1.807, 2.05) is 18.2 Å². The second-order valence-electron chi connectivity index (χ2n) is 14.8. The lowest BCUT2D eigenvalue weighted by atomic mass is 9.87. The van der Waals surface area contributed by atoms with E-state index in [1.54, 1.807) is 12.2 Å². The molecule has 2 unspecified atom stereocenters. The standard InChI is InChI=1S/C43H78NO11P/c1-3-5-7-8-9-10-11-12-13-14-15-16-17-18-21-25-32-51-38(36-54-56(49,50)53-33-31-44)35-52-42(47)28-24-20-19-23-27-39-40(46)34-43(48)55-41(39)30-29-37(45)26-22-6-4-2/h10-11,19,23,25,29-30,32,37-41,43,45-46,48H,3-9,12-18,20-22,24,26-28,31,33-36,44H2,1-2H3,(H,49,50)/b11-10-,23-19-,30-29+,32-25+/t37-,38+,39-,40-,41+,43?/m0/s1. The molecule has 1 saturated heterocycles. The van der Waals surface area contributed by atoms with E-state index in [4.69, 9.17) is 29.0 Å². The largest absolute Gasteiger partial charge is 0.492 e. The third kappa shape index (κ3) is 29.4. The van der Waals surface area contributed by atoms with E-state index in [9.17, 15) is 29.6 Å². The van der Waals surface area contributed by atoms with Crippen LogP contribution >= 0.6 is 7.82 Å². The molecule has 56 heavy (non-hydrogen) atoms. The van der Waals surface area contributed by atoms with Crippen LogP contribution in [0.15, 0.2) is 48.8 Å². The average molecular weight is 816 g/mol. The molecule has 1 heterocycles. The van der Waals surface area contributed by atoms with Gasteiger partial charge in [0.05, 0.1) is 37.8 Å². The molecule has 13 heteroatoms. The van der Waals surface area contributed by atoms with Gasteiger partial charge >= 0.3 is 13.8 Å². The van der Waals surface area contributed by atoms with Gasteiger partial charge in [-0.1, -0.05) is 115 Å². The average Bonchev–Trinajstić information content (AvgIpc) is 3.17. The van der Waals surface area contributed by atoms with Crippen LogP contribution in [-0.2, 0) is 32.6 Å². The molecule has 0 amide bonds. The maximum atomic E-state index is 12.5. The molecule has 1 aliphatic rings. The molecule has 1 aliphatic heterocycles. The molecule has 0 aromatic carbocycles. The number of rotatable bonds is 36. The summed E-state index contributed by atoms with van der Waals surface area (Å²) in [5, 5.41) is 30.9. The van der Waals surface area contributed by atoms with Crippen molar-refractivity contribution in [2.75, 3.05) is 26.4 Å². The highest BCUT2D eigenvalue weighted by Crippen LogP contribution is 2.43. The summed E-state index contributed by atoms with van der Waals surface area (Å²) in [7, 11) is -4.34. The zero-order chi connectivity index (χ0) is 41.1. The monoisotopic (exact) mass is 816 g/mol. The van der Waals surface area contributed by atoms with Gasteiger partial charge in [0, 0.05) is 25.3 Å². The third-order valence-electron chi connectivity index (χ3n) is 9.60. The smallest absolute Gasteiger partial charge is 0.472 e. The van der Waals surface area contributed by atoms with Crippen LogP contribution in [0.1, 0.15) is 155 Å². The van der Waals surface area contributed by atoms with Crippen molar-refractivity contribution in [3.05, 3.63) is 48.8 Å². The number of phosphoric acid groups is 1. The van der Waals surface area contributed by atoms with Crippen molar-refractivity contribution < 1.29 is 52.8 Å². The van der Waals surface area contributed by atoms with Gasteiger partial charge in [-0.15, -0.1) is 0 Å². The van der Waals surface area contributed by atoms with E-state index < -0.39 is 44.5 Å². The first-order valence-corrected chi connectivity index (χ1v) is 23.1. The van der Waals surface area contributed by atoms with E-state index in [0.717, 1.165) is 38.5 Å². The number of hydrogen-bond donors (Lipinski definition) is 5. The first kappa shape index (κ1) is 52.2. The number of phosphoric ester groups is 1. The minimum Gasteiger partial charge on any atom is -0.492 e. The molecule has 326 valence electrons. The molecule has 1 fully saturated rings. The van der Waals surface area contributed by atoms with Crippen LogP contribution in [-0.4, -0.2) is 83.3 Å². The zero-order valence-electron chi connectivity index (χ0n) is 34.6. The molecule has 0 spiro atoms. The minimum absolute atomic E-state index is 0.0587. The normalized spacial score (nSPS) is 21.3. The highest BCUT2D eigenvalue weighted by atomic mass is 31.2. The van der Waals surface area contributed by atoms with E-state index in [0.29, 0.717) is 25.7 Å². The van der Waals surface area contributed by atoms with Gasteiger partial charge in [0.25, 0.3) is 0 Å². The van der Waals surface area contributed by atoms with Gasteiger partial charge in [0.2, 0.25) is 0 Å². The summed E-state index contributed by atoms with van der Waals surface area (Å²) in [4.78, 5) is 22.4. The number of ether oxygens (including phenoxy) is 3. The fourth-order valence-corrected chi connectivity index (χ4v) is 7.01. The SMILES string of the molecule is CCCCCC/C=C\CCCCCCCC/C=C/O[C@H](COC(=O)CCC/C=C\C[C@H]1[C@@H](O)CC(O)O[C@@H]1/C=C/[C@@H](O)CCCCC)COP(=O)(O)OCCN. The molecule has 7 atom stereocenters. The fourth-order valence-electron chi connectivity index (χ4n) is 6.25. The maximum absolute atomic E-state index is 12.5. The lowest BCUT2D eigenvalue weighted by Gasteiger charge is -2.36. The summed E-state index contributed by atoms with van der Waals surface area (Å²) >= 11 is 0. The second-order valence-corrected chi connectivity index (χ2v) is 16.2. The number of allylic oxidation sites excluding steroid dienone is 5. The van der Waals surface area contributed by atoms with Gasteiger partial charge in [0.15, 0.2) is 12.4 Å². The Morgan fingerprint density at radius 2 is 1.43 bits per heavy atom. The van der Waals surface area contributed by atoms with Crippen molar-refractivity contribution in [3.63, 3.8) is 0 Å². The van der Waals surface area contributed by atoms with E-state index >= 15 is 0 Å². The molecule has 0 bridgehead atoms. The quantitative estimate of drug-likeness (QED) is 0.0133. The Hall–Kier alpha value is -1.86. The molecule has 0 saturated carbocycles. The summed E-state index contributed by atoms with van der Waals surface area (Å²) in [5.41, 5.74) is 5.36. The van der Waals surface area contributed by atoms with Gasteiger partial charge in [-0.25, -0.2) is 4.57 Å². The van der Waals surface area contributed by atoms with Crippen LogP contribution in [0.3, 0.4) is 0 Å². The number of carbonyl (C=O) groups is 1. The van der Waals surface area contributed by atoms with Crippen LogP contribution in [0.4, 0.5) is 0 Å². The Morgan fingerprint density at radius 3 is 2.11 bits per heavy atom.